The van der Waals surface area contributed by atoms with Crippen LogP contribution < -0.4 is 5.32 Å². The second kappa shape index (κ2) is 6.79. The van der Waals surface area contributed by atoms with Crippen molar-refractivity contribution >= 4 is 5.91 Å². The second-order valence-electron chi connectivity index (χ2n) is 6.44. The lowest BCUT2D eigenvalue weighted by atomic mass is 9.89. The number of aromatic nitrogens is 1. The Balaban J connectivity index is 1.37. The summed E-state index contributed by atoms with van der Waals surface area (Å²) in [4.78, 5) is 12.5. The zero-order valence-electron chi connectivity index (χ0n) is 13.6. The number of hydrogen-bond donors (Lipinski definition) is 1. The summed E-state index contributed by atoms with van der Waals surface area (Å²) in [6, 6.07) is 11.8. The Morgan fingerprint density at radius 3 is 2.46 bits per heavy atom. The SMILES string of the molecule is O=C(N[C@@H]1CC[C@@H]2OCCO[C@@H]2C1)c1ccc(-n2cccc2)cc1. The molecule has 2 aromatic rings. The number of rotatable bonds is 3. The van der Waals surface area contributed by atoms with Crippen molar-refractivity contribution in [3.05, 3.63) is 54.4 Å². The molecule has 5 heteroatoms. The Bertz CT molecular complexity index is 681. The molecule has 24 heavy (non-hydrogen) atoms. The minimum Gasteiger partial charge on any atom is -0.373 e. The van der Waals surface area contributed by atoms with Gasteiger partial charge in [0.15, 0.2) is 0 Å². The van der Waals surface area contributed by atoms with Crippen LogP contribution in [-0.4, -0.2) is 41.9 Å². The highest BCUT2D eigenvalue weighted by atomic mass is 16.6. The molecule has 2 fully saturated rings. The van der Waals surface area contributed by atoms with Gasteiger partial charge in [0.2, 0.25) is 0 Å². The van der Waals surface area contributed by atoms with E-state index in [4.69, 9.17) is 9.47 Å². The van der Waals surface area contributed by atoms with E-state index in [0.717, 1.165) is 24.9 Å². The van der Waals surface area contributed by atoms with Gasteiger partial charge in [-0.15, -0.1) is 0 Å². The molecule has 1 aliphatic heterocycles. The first-order chi connectivity index (χ1) is 11.8. The molecule has 1 aromatic carbocycles. The highest BCUT2D eigenvalue weighted by Crippen LogP contribution is 2.27. The quantitative estimate of drug-likeness (QED) is 0.943. The molecule has 0 radical (unpaired) electrons. The molecule has 1 amide bonds. The number of hydrogen-bond acceptors (Lipinski definition) is 3. The summed E-state index contributed by atoms with van der Waals surface area (Å²) in [6.07, 6.45) is 7.01. The third-order valence-corrected chi connectivity index (χ3v) is 4.85. The van der Waals surface area contributed by atoms with E-state index in [0.29, 0.717) is 18.8 Å². The van der Waals surface area contributed by atoms with E-state index < -0.39 is 0 Å². The van der Waals surface area contributed by atoms with Crippen molar-refractivity contribution in [1.82, 2.24) is 9.88 Å². The van der Waals surface area contributed by atoms with Crippen LogP contribution in [0.3, 0.4) is 0 Å². The maximum absolute atomic E-state index is 12.5. The average molecular weight is 326 g/mol. The van der Waals surface area contributed by atoms with Gasteiger partial charge in [0.05, 0.1) is 25.4 Å². The molecule has 3 atom stereocenters. The molecular weight excluding hydrogens is 304 g/mol. The maximum Gasteiger partial charge on any atom is 0.251 e. The smallest absolute Gasteiger partial charge is 0.251 e. The first-order valence-electron chi connectivity index (χ1n) is 8.57. The maximum atomic E-state index is 12.5. The van der Waals surface area contributed by atoms with Gasteiger partial charge in [-0.2, -0.15) is 0 Å². The molecule has 126 valence electrons. The van der Waals surface area contributed by atoms with Gasteiger partial charge in [-0.25, -0.2) is 0 Å². The van der Waals surface area contributed by atoms with Crippen molar-refractivity contribution in [2.75, 3.05) is 13.2 Å². The molecule has 1 saturated heterocycles. The van der Waals surface area contributed by atoms with E-state index in [9.17, 15) is 4.79 Å². The number of fused-ring (bicyclic) bond motifs is 1. The van der Waals surface area contributed by atoms with E-state index in [1.54, 1.807) is 0 Å². The van der Waals surface area contributed by atoms with Crippen LogP contribution in [-0.2, 0) is 9.47 Å². The van der Waals surface area contributed by atoms with E-state index >= 15 is 0 Å². The Kier molecular flexibility index (Phi) is 4.36. The summed E-state index contributed by atoms with van der Waals surface area (Å²) in [7, 11) is 0. The van der Waals surface area contributed by atoms with Crippen LogP contribution in [0.15, 0.2) is 48.8 Å². The van der Waals surface area contributed by atoms with Crippen LogP contribution >= 0.6 is 0 Å². The number of carbonyl (C=O) groups excluding carboxylic acids is 1. The van der Waals surface area contributed by atoms with Crippen molar-refractivity contribution in [3.63, 3.8) is 0 Å². The van der Waals surface area contributed by atoms with Crippen molar-refractivity contribution in [2.24, 2.45) is 0 Å². The van der Waals surface area contributed by atoms with E-state index in [1.807, 2.05) is 53.4 Å². The summed E-state index contributed by atoms with van der Waals surface area (Å²) >= 11 is 0. The molecule has 5 nitrogen and oxygen atoms in total. The highest BCUT2D eigenvalue weighted by molar-refractivity contribution is 5.94. The summed E-state index contributed by atoms with van der Waals surface area (Å²) in [5, 5.41) is 3.14. The number of carbonyl (C=O) groups is 1. The fourth-order valence-corrected chi connectivity index (χ4v) is 3.56. The van der Waals surface area contributed by atoms with Crippen molar-refractivity contribution in [2.45, 2.75) is 37.5 Å². The predicted molar refractivity (Wildman–Crippen MR) is 90.4 cm³/mol. The van der Waals surface area contributed by atoms with Gasteiger partial charge in [0.1, 0.15) is 0 Å². The highest BCUT2D eigenvalue weighted by Gasteiger charge is 2.34. The molecule has 4 rings (SSSR count). The zero-order chi connectivity index (χ0) is 16.4. The largest absolute Gasteiger partial charge is 0.373 e. The number of ether oxygens (including phenoxy) is 2. The summed E-state index contributed by atoms with van der Waals surface area (Å²) < 4.78 is 13.5. The minimum absolute atomic E-state index is 0.0192. The third-order valence-electron chi connectivity index (χ3n) is 4.85. The van der Waals surface area contributed by atoms with Crippen LogP contribution in [0.5, 0.6) is 0 Å². The van der Waals surface area contributed by atoms with Crippen LogP contribution in [0.25, 0.3) is 5.69 Å². The topological polar surface area (TPSA) is 52.5 Å². The molecule has 1 N–H and O–H groups in total. The van der Waals surface area contributed by atoms with Gasteiger partial charge < -0.3 is 19.4 Å². The Morgan fingerprint density at radius 1 is 1.00 bits per heavy atom. The number of amides is 1. The first-order valence-corrected chi connectivity index (χ1v) is 8.57. The Hall–Kier alpha value is -2.11. The van der Waals surface area contributed by atoms with Crippen molar-refractivity contribution in [3.8, 4) is 5.69 Å². The molecule has 0 bridgehead atoms. The minimum atomic E-state index is -0.0192. The van der Waals surface area contributed by atoms with Gasteiger partial charge in [-0.3, -0.25) is 4.79 Å². The molecule has 1 saturated carbocycles. The van der Waals surface area contributed by atoms with Crippen LogP contribution in [0.1, 0.15) is 29.6 Å². The van der Waals surface area contributed by atoms with Crippen LogP contribution in [0, 0.1) is 0 Å². The normalized spacial score (nSPS) is 26.6. The number of nitrogens with zero attached hydrogens (tertiary/aromatic N) is 1. The fraction of sp³-hybridized carbons (Fsp3) is 0.421. The Labute approximate surface area is 141 Å². The van der Waals surface area contributed by atoms with Gasteiger partial charge in [-0.05, 0) is 55.7 Å². The summed E-state index contributed by atoms with van der Waals surface area (Å²) in [5.41, 5.74) is 1.73. The number of benzene rings is 1. The van der Waals surface area contributed by atoms with Gasteiger partial charge in [0, 0.05) is 29.7 Å². The predicted octanol–water partition coefficient (Wildman–Crippen LogP) is 2.54. The number of nitrogens with one attached hydrogen (secondary N) is 1. The summed E-state index contributed by atoms with van der Waals surface area (Å²) in [6.45, 7) is 1.34. The van der Waals surface area contributed by atoms with Crippen LogP contribution in [0.2, 0.25) is 0 Å². The van der Waals surface area contributed by atoms with E-state index in [2.05, 4.69) is 5.32 Å². The Morgan fingerprint density at radius 2 is 1.71 bits per heavy atom. The van der Waals surface area contributed by atoms with E-state index in [1.165, 1.54) is 0 Å². The third kappa shape index (κ3) is 3.23. The molecule has 1 aliphatic carbocycles. The molecule has 0 spiro atoms. The molecule has 2 aliphatic rings. The second-order valence-corrected chi connectivity index (χ2v) is 6.44. The molecule has 1 aromatic heterocycles. The first kappa shape index (κ1) is 15.4. The molecule has 0 unspecified atom stereocenters. The monoisotopic (exact) mass is 326 g/mol. The molecular formula is C19H22N2O3. The standard InChI is InChI=1S/C19H22N2O3/c22-19(14-3-6-16(7-4-14)21-9-1-2-10-21)20-15-5-8-17-18(13-15)24-12-11-23-17/h1-4,6-7,9-10,15,17-18H,5,8,11-13H2,(H,20,22)/t15-,17+,18-/m1/s1. The lowest BCUT2D eigenvalue weighted by molar-refractivity contribution is -0.157. The summed E-state index contributed by atoms with van der Waals surface area (Å²) in [5.74, 6) is -0.0192. The van der Waals surface area contributed by atoms with Crippen molar-refractivity contribution in [1.29, 1.82) is 0 Å². The fourth-order valence-electron chi connectivity index (χ4n) is 3.56. The zero-order valence-corrected chi connectivity index (χ0v) is 13.6. The van der Waals surface area contributed by atoms with Gasteiger partial charge in [-0.1, -0.05) is 0 Å². The lowest BCUT2D eigenvalue weighted by Gasteiger charge is -2.39. The van der Waals surface area contributed by atoms with Crippen molar-refractivity contribution < 1.29 is 14.3 Å². The van der Waals surface area contributed by atoms with Crippen LogP contribution in [0.4, 0.5) is 0 Å². The van der Waals surface area contributed by atoms with E-state index in [-0.39, 0.29) is 24.2 Å². The molecule has 2 heterocycles. The lowest BCUT2D eigenvalue weighted by Crippen LogP contribution is -2.49. The average Bonchev–Trinajstić information content (AvgIpc) is 3.16. The van der Waals surface area contributed by atoms with Gasteiger partial charge >= 0.3 is 0 Å². The van der Waals surface area contributed by atoms with Gasteiger partial charge in [0.25, 0.3) is 5.91 Å².